The molecule has 3 rings (SSSR count). The third kappa shape index (κ3) is 3.51. The summed E-state index contributed by atoms with van der Waals surface area (Å²) in [5.74, 6) is 0. The normalized spacial score (nSPS) is 15.0. The summed E-state index contributed by atoms with van der Waals surface area (Å²) in [6.07, 6.45) is 0.862. The highest BCUT2D eigenvalue weighted by Crippen LogP contribution is 2.21. The topological polar surface area (TPSA) is 78.5 Å². The first-order valence-corrected chi connectivity index (χ1v) is 9.19. The first kappa shape index (κ1) is 16.3. The maximum atomic E-state index is 12.4. The Morgan fingerprint density at radius 1 is 1.04 bits per heavy atom. The Morgan fingerprint density at radius 3 is 2.33 bits per heavy atom. The number of benzene rings is 2. The Morgan fingerprint density at radius 2 is 1.71 bits per heavy atom. The lowest BCUT2D eigenvalue weighted by molar-refractivity contribution is 0.243. The molecule has 0 bridgehead atoms. The van der Waals surface area contributed by atoms with Gasteiger partial charge in [-0.1, -0.05) is 17.7 Å². The average molecular weight is 345 g/mol. The van der Waals surface area contributed by atoms with Gasteiger partial charge in [0.2, 0.25) is 0 Å². The minimum atomic E-state index is -3.66. The molecule has 2 aromatic rings. The number of nitrogens with one attached hydrogen (secondary N) is 2. The van der Waals surface area contributed by atoms with Crippen LogP contribution in [0.1, 0.15) is 12.0 Å². The molecule has 0 unspecified atom stereocenters. The van der Waals surface area contributed by atoms with E-state index in [0.29, 0.717) is 24.5 Å². The van der Waals surface area contributed by atoms with Crippen molar-refractivity contribution in [2.24, 2.45) is 0 Å². The first-order valence-electron chi connectivity index (χ1n) is 7.71. The second-order valence-electron chi connectivity index (χ2n) is 5.70. The maximum Gasteiger partial charge on any atom is 0.321 e. The molecule has 126 valence electrons. The van der Waals surface area contributed by atoms with Crippen molar-refractivity contribution in [3.8, 4) is 0 Å². The number of carbonyl (C=O) groups excluding carboxylic acids is 1. The fourth-order valence-electron chi connectivity index (χ4n) is 2.52. The smallest absolute Gasteiger partial charge is 0.321 e. The second-order valence-corrected chi connectivity index (χ2v) is 7.38. The van der Waals surface area contributed by atoms with Crippen molar-refractivity contribution in [1.82, 2.24) is 5.32 Å². The lowest BCUT2D eigenvalue weighted by Gasteiger charge is -2.27. The summed E-state index contributed by atoms with van der Waals surface area (Å²) in [7, 11) is -3.66. The molecule has 0 atom stereocenters. The van der Waals surface area contributed by atoms with E-state index in [1.807, 2.05) is 19.1 Å². The number of amides is 2. The van der Waals surface area contributed by atoms with E-state index in [1.54, 1.807) is 29.2 Å². The lowest BCUT2D eigenvalue weighted by Crippen LogP contribution is -2.46. The predicted molar refractivity (Wildman–Crippen MR) is 93.8 cm³/mol. The molecule has 0 aromatic heterocycles. The molecular weight excluding hydrogens is 326 g/mol. The van der Waals surface area contributed by atoms with Gasteiger partial charge in [-0.2, -0.15) is 0 Å². The predicted octanol–water partition coefficient (Wildman–Crippen LogP) is 2.72. The summed E-state index contributed by atoms with van der Waals surface area (Å²) in [4.78, 5) is 13.6. The maximum absolute atomic E-state index is 12.4. The summed E-state index contributed by atoms with van der Waals surface area (Å²) >= 11 is 0. The molecule has 1 saturated heterocycles. The van der Waals surface area contributed by atoms with Gasteiger partial charge in [0.05, 0.1) is 4.90 Å². The van der Waals surface area contributed by atoms with Gasteiger partial charge in [0.1, 0.15) is 0 Å². The number of rotatable bonds is 4. The fraction of sp³-hybridized carbons (Fsp3) is 0.235. The molecule has 2 aromatic carbocycles. The van der Waals surface area contributed by atoms with Gasteiger partial charge in [0.25, 0.3) is 10.0 Å². The number of carbonyl (C=O) groups is 1. The minimum absolute atomic E-state index is 0.157. The van der Waals surface area contributed by atoms with Crippen LogP contribution in [0.5, 0.6) is 0 Å². The largest absolute Gasteiger partial charge is 0.338 e. The second kappa shape index (κ2) is 6.52. The monoisotopic (exact) mass is 345 g/mol. The van der Waals surface area contributed by atoms with Crippen LogP contribution in [0.3, 0.4) is 0 Å². The molecule has 2 amide bonds. The van der Waals surface area contributed by atoms with Crippen LogP contribution < -0.4 is 14.9 Å². The zero-order valence-corrected chi connectivity index (χ0v) is 14.1. The molecule has 7 heteroatoms. The van der Waals surface area contributed by atoms with E-state index in [9.17, 15) is 13.2 Å². The number of nitrogens with zero attached hydrogens (tertiary/aromatic N) is 1. The minimum Gasteiger partial charge on any atom is -0.338 e. The molecule has 1 aliphatic heterocycles. The Kier molecular flexibility index (Phi) is 4.44. The van der Waals surface area contributed by atoms with Gasteiger partial charge in [-0.25, -0.2) is 13.2 Å². The van der Waals surface area contributed by atoms with Crippen molar-refractivity contribution in [3.63, 3.8) is 0 Å². The average Bonchev–Trinajstić information content (AvgIpc) is 2.57. The standard InChI is InChI=1S/C17H19N3O3S/c1-13-3-5-14(6-4-13)19-24(22,23)16-9-7-15(8-10-16)20-12-2-11-18-17(20)21/h3-10,19H,2,11-12H2,1H3,(H,18,21). The van der Waals surface area contributed by atoms with Crippen LogP contribution in [0.15, 0.2) is 53.4 Å². The van der Waals surface area contributed by atoms with Crippen LogP contribution in [0, 0.1) is 6.92 Å². The number of aryl methyl sites for hydroxylation is 1. The van der Waals surface area contributed by atoms with Gasteiger partial charge in [-0.3, -0.25) is 9.62 Å². The quantitative estimate of drug-likeness (QED) is 0.894. The van der Waals surface area contributed by atoms with E-state index in [1.165, 1.54) is 12.1 Å². The molecule has 0 saturated carbocycles. The summed E-state index contributed by atoms with van der Waals surface area (Å²) < 4.78 is 27.4. The van der Waals surface area contributed by atoms with E-state index in [0.717, 1.165) is 12.0 Å². The molecule has 0 aliphatic carbocycles. The molecule has 1 aliphatic rings. The first-order chi connectivity index (χ1) is 11.5. The highest BCUT2D eigenvalue weighted by molar-refractivity contribution is 7.92. The van der Waals surface area contributed by atoms with Crippen molar-refractivity contribution < 1.29 is 13.2 Å². The molecule has 1 fully saturated rings. The number of hydrogen-bond acceptors (Lipinski definition) is 3. The van der Waals surface area contributed by atoms with E-state index in [4.69, 9.17) is 0 Å². The number of sulfonamides is 1. The molecule has 2 N–H and O–H groups in total. The third-order valence-corrected chi connectivity index (χ3v) is 5.24. The molecule has 0 radical (unpaired) electrons. The summed E-state index contributed by atoms with van der Waals surface area (Å²) in [6.45, 7) is 3.23. The van der Waals surface area contributed by atoms with E-state index < -0.39 is 10.0 Å². The van der Waals surface area contributed by atoms with Gasteiger partial charge < -0.3 is 5.32 Å². The van der Waals surface area contributed by atoms with Gasteiger partial charge in [-0.05, 0) is 49.7 Å². The van der Waals surface area contributed by atoms with E-state index in [2.05, 4.69) is 10.0 Å². The molecule has 1 heterocycles. The van der Waals surface area contributed by atoms with Crippen LogP contribution in [-0.4, -0.2) is 27.5 Å². The SMILES string of the molecule is Cc1ccc(NS(=O)(=O)c2ccc(N3CCCNC3=O)cc2)cc1. The van der Waals surface area contributed by atoms with Crippen LogP contribution in [0.2, 0.25) is 0 Å². The zero-order valence-electron chi connectivity index (χ0n) is 13.3. The van der Waals surface area contributed by atoms with E-state index >= 15 is 0 Å². The van der Waals surface area contributed by atoms with Crippen LogP contribution in [-0.2, 0) is 10.0 Å². The van der Waals surface area contributed by atoms with Crippen molar-refractivity contribution in [2.75, 3.05) is 22.7 Å². The van der Waals surface area contributed by atoms with Crippen LogP contribution in [0.25, 0.3) is 0 Å². The van der Waals surface area contributed by atoms with Gasteiger partial charge in [0.15, 0.2) is 0 Å². The van der Waals surface area contributed by atoms with E-state index in [-0.39, 0.29) is 10.9 Å². The third-order valence-electron chi connectivity index (χ3n) is 3.84. The van der Waals surface area contributed by atoms with Gasteiger partial charge in [0, 0.05) is 24.5 Å². The summed E-state index contributed by atoms with van der Waals surface area (Å²) in [5.41, 5.74) is 2.25. The number of urea groups is 1. The van der Waals surface area contributed by atoms with Crippen LogP contribution in [0.4, 0.5) is 16.2 Å². The Balaban J connectivity index is 1.78. The van der Waals surface area contributed by atoms with Gasteiger partial charge in [-0.15, -0.1) is 0 Å². The van der Waals surface area contributed by atoms with Crippen molar-refractivity contribution in [2.45, 2.75) is 18.2 Å². The highest BCUT2D eigenvalue weighted by Gasteiger charge is 2.20. The molecule has 0 spiro atoms. The Hall–Kier alpha value is -2.54. The number of anilines is 2. The van der Waals surface area contributed by atoms with Crippen molar-refractivity contribution in [1.29, 1.82) is 0 Å². The number of hydrogen-bond donors (Lipinski definition) is 2. The van der Waals surface area contributed by atoms with Crippen LogP contribution >= 0.6 is 0 Å². The van der Waals surface area contributed by atoms with Crippen molar-refractivity contribution in [3.05, 3.63) is 54.1 Å². The lowest BCUT2D eigenvalue weighted by atomic mass is 10.2. The Labute approximate surface area is 141 Å². The van der Waals surface area contributed by atoms with Gasteiger partial charge >= 0.3 is 6.03 Å². The molecule has 24 heavy (non-hydrogen) atoms. The van der Waals surface area contributed by atoms with Crippen molar-refractivity contribution >= 4 is 27.4 Å². The highest BCUT2D eigenvalue weighted by atomic mass is 32.2. The molecule has 6 nitrogen and oxygen atoms in total. The zero-order chi connectivity index (χ0) is 17.2. The molecular formula is C17H19N3O3S. The summed E-state index contributed by atoms with van der Waals surface area (Å²) in [6, 6.07) is 13.3. The fourth-order valence-corrected chi connectivity index (χ4v) is 3.58. The summed E-state index contributed by atoms with van der Waals surface area (Å²) in [5, 5.41) is 2.77. The Bertz CT molecular complexity index is 830.